The van der Waals surface area contributed by atoms with E-state index >= 15 is 0 Å². The molecule has 0 radical (unpaired) electrons. The summed E-state index contributed by atoms with van der Waals surface area (Å²) in [7, 11) is 0. The zero-order valence-electron chi connectivity index (χ0n) is 11.8. The lowest BCUT2D eigenvalue weighted by atomic mass is 10.1. The summed E-state index contributed by atoms with van der Waals surface area (Å²) in [6.45, 7) is 0.232. The Labute approximate surface area is 136 Å². The van der Waals surface area contributed by atoms with E-state index in [1.807, 2.05) is 24.3 Å². The number of carbonyl (C=O) groups is 2. The van der Waals surface area contributed by atoms with Crippen molar-refractivity contribution in [2.24, 2.45) is 5.92 Å². The van der Waals surface area contributed by atoms with Gasteiger partial charge in [-0.3, -0.25) is 9.59 Å². The molecule has 22 heavy (non-hydrogen) atoms. The van der Waals surface area contributed by atoms with Gasteiger partial charge in [-0.1, -0.05) is 15.9 Å². The summed E-state index contributed by atoms with van der Waals surface area (Å²) in [6.07, 6.45) is 3.64. The first-order valence-corrected chi connectivity index (χ1v) is 7.99. The molecule has 1 aromatic carbocycles. The Hall–Kier alpha value is -1.82. The van der Waals surface area contributed by atoms with Crippen LogP contribution in [-0.4, -0.2) is 29.6 Å². The van der Waals surface area contributed by atoms with Crippen LogP contribution in [0.3, 0.4) is 0 Å². The molecule has 2 atom stereocenters. The van der Waals surface area contributed by atoms with Crippen LogP contribution in [-0.2, 0) is 9.59 Å². The lowest BCUT2D eigenvalue weighted by molar-refractivity contribution is -0.141. The van der Waals surface area contributed by atoms with Gasteiger partial charge < -0.3 is 15.2 Å². The fraction of sp³-hybridized carbons (Fsp3) is 0.375. The normalized spacial score (nSPS) is 23.2. The molecule has 1 aliphatic carbocycles. The van der Waals surface area contributed by atoms with E-state index in [0.717, 1.165) is 15.8 Å². The third-order valence-corrected chi connectivity index (χ3v) is 4.59. The van der Waals surface area contributed by atoms with E-state index in [-0.39, 0.29) is 24.5 Å². The van der Waals surface area contributed by atoms with Gasteiger partial charge in [0.2, 0.25) is 0 Å². The number of hydrogen-bond donors (Lipinski definition) is 2. The molecule has 0 unspecified atom stereocenters. The first-order chi connectivity index (χ1) is 10.5. The minimum absolute atomic E-state index is 0.0709. The molecule has 1 fully saturated rings. The van der Waals surface area contributed by atoms with Gasteiger partial charge in [0.05, 0.1) is 11.5 Å². The van der Waals surface area contributed by atoms with Crippen LogP contribution in [0.2, 0.25) is 0 Å². The van der Waals surface area contributed by atoms with Gasteiger partial charge in [-0.25, -0.2) is 0 Å². The van der Waals surface area contributed by atoms with Crippen LogP contribution in [0.4, 0.5) is 0 Å². The quantitative estimate of drug-likeness (QED) is 0.862. The van der Waals surface area contributed by atoms with Crippen molar-refractivity contribution in [1.82, 2.24) is 5.32 Å². The monoisotopic (exact) mass is 365 g/mol. The second-order valence-electron chi connectivity index (χ2n) is 5.66. The number of carbonyl (C=O) groups excluding carboxylic acids is 1. The van der Waals surface area contributed by atoms with Crippen molar-refractivity contribution in [3.63, 3.8) is 0 Å². The third kappa shape index (κ3) is 3.16. The number of hydrogen-bond acceptors (Lipinski definition) is 3. The number of fused-ring (bicyclic) bond motifs is 1. The van der Waals surface area contributed by atoms with Crippen molar-refractivity contribution in [3.8, 4) is 5.75 Å². The number of benzene rings is 1. The molecule has 0 aromatic heterocycles. The molecule has 1 amide bonds. The Morgan fingerprint density at radius 3 is 2.86 bits per heavy atom. The second-order valence-corrected chi connectivity index (χ2v) is 6.57. The van der Waals surface area contributed by atoms with E-state index in [1.54, 1.807) is 0 Å². The number of aliphatic carboxylic acids is 1. The average molecular weight is 366 g/mol. The summed E-state index contributed by atoms with van der Waals surface area (Å²) in [4.78, 5) is 23.3. The van der Waals surface area contributed by atoms with E-state index in [4.69, 9.17) is 9.84 Å². The Morgan fingerprint density at radius 2 is 2.14 bits per heavy atom. The standard InChI is InChI=1S/C16H16BrNO4/c17-12-2-4-14-10(6-12)5-11(8-22-14)15(19)18-13-3-1-9(7-13)16(20)21/h2,4-6,9,13H,1,3,7-8H2,(H,18,19)(H,20,21)/t9-,13+/m0/s1. The van der Waals surface area contributed by atoms with Crippen molar-refractivity contribution in [1.29, 1.82) is 0 Å². The van der Waals surface area contributed by atoms with Gasteiger partial charge in [-0.05, 0) is 43.5 Å². The lowest BCUT2D eigenvalue weighted by Crippen LogP contribution is -2.36. The molecule has 6 heteroatoms. The molecular weight excluding hydrogens is 350 g/mol. The Morgan fingerprint density at radius 1 is 1.32 bits per heavy atom. The number of amides is 1. The summed E-state index contributed by atoms with van der Waals surface area (Å²) >= 11 is 3.40. The number of carboxylic acid groups (broad SMARTS) is 1. The average Bonchev–Trinajstić information content (AvgIpc) is 2.95. The third-order valence-electron chi connectivity index (χ3n) is 4.09. The van der Waals surface area contributed by atoms with E-state index < -0.39 is 5.97 Å². The molecule has 2 aliphatic rings. The molecule has 1 aliphatic heterocycles. The molecule has 0 bridgehead atoms. The molecule has 0 saturated heterocycles. The van der Waals surface area contributed by atoms with Gasteiger partial charge in [-0.2, -0.15) is 0 Å². The Kier molecular flexibility index (Phi) is 4.20. The second kappa shape index (κ2) is 6.12. The van der Waals surface area contributed by atoms with E-state index in [0.29, 0.717) is 24.8 Å². The van der Waals surface area contributed by atoms with Gasteiger partial charge in [-0.15, -0.1) is 0 Å². The predicted molar refractivity (Wildman–Crippen MR) is 84.5 cm³/mol. The molecule has 3 rings (SSSR count). The highest BCUT2D eigenvalue weighted by atomic mass is 79.9. The summed E-state index contributed by atoms with van der Waals surface area (Å²) in [6, 6.07) is 5.58. The molecule has 5 nitrogen and oxygen atoms in total. The molecule has 1 saturated carbocycles. The minimum atomic E-state index is -0.782. The summed E-state index contributed by atoms with van der Waals surface area (Å²) in [5.41, 5.74) is 1.42. The van der Waals surface area contributed by atoms with Crippen molar-refractivity contribution in [2.75, 3.05) is 6.61 Å². The van der Waals surface area contributed by atoms with Crippen LogP contribution in [0.1, 0.15) is 24.8 Å². The van der Waals surface area contributed by atoms with E-state index in [1.165, 1.54) is 0 Å². The zero-order valence-corrected chi connectivity index (χ0v) is 13.4. The van der Waals surface area contributed by atoms with Gasteiger partial charge in [0, 0.05) is 16.1 Å². The topological polar surface area (TPSA) is 75.6 Å². The molecule has 0 spiro atoms. The van der Waals surface area contributed by atoms with Crippen molar-refractivity contribution >= 4 is 33.9 Å². The molecule has 116 valence electrons. The first kappa shape index (κ1) is 15.1. The fourth-order valence-electron chi connectivity index (χ4n) is 2.89. The number of nitrogens with one attached hydrogen (secondary N) is 1. The van der Waals surface area contributed by atoms with Gasteiger partial charge in [0.15, 0.2) is 0 Å². The largest absolute Gasteiger partial charge is 0.488 e. The zero-order chi connectivity index (χ0) is 15.7. The Balaban J connectivity index is 1.67. The van der Waals surface area contributed by atoms with Crippen molar-refractivity contribution < 1.29 is 19.4 Å². The number of halogens is 1. The van der Waals surface area contributed by atoms with Crippen LogP contribution in [0.15, 0.2) is 28.2 Å². The number of carboxylic acids is 1. The lowest BCUT2D eigenvalue weighted by Gasteiger charge is -2.19. The highest BCUT2D eigenvalue weighted by Crippen LogP contribution is 2.30. The van der Waals surface area contributed by atoms with Gasteiger partial charge in [0.1, 0.15) is 12.4 Å². The van der Waals surface area contributed by atoms with Crippen molar-refractivity contribution in [3.05, 3.63) is 33.8 Å². The maximum Gasteiger partial charge on any atom is 0.306 e. The van der Waals surface area contributed by atoms with Crippen LogP contribution >= 0.6 is 15.9 Å². The van der Waals surface area contributed by atoms with E-state index in [2.05, 4.69) is 21.2 Å². The number of ether oxygens (including phenoxy) is 1. The molecule has 1 heterocycles. The van der Waals surface area contributed by atoms with Gasteiger partial charge >= 0.3 is 5.97 Å². The fourth-order valence-corrected chi connectivity index (χ4v) is 3.27. The van der Waals surface area contributed by atoms with Crippen LogP contribution in [0.25, 0.3) is 6.08 Å². The maximum atomic E-state index is 12.3. The molecule has 2 N–H and O–H groups in total. The van der Waals surface area contributed by atoms with Gasteiger partial charge in [0.25, 0.3) is 5.91 Å². The molecular formula is C16H16BrNO4. The van der Waals surface area contributed by atoms with Crippen LogP contribution in [0.5, 0.6) is 5.75 Å². The first-order valence-electron chi connectivity index (χ1n) is 7.19. The predicted octanol–water partition coefficient (Wildman–Crippen LogP) is 2.59. The maximum absolute atomic E-state index is 12.3. The molecule has 1 aromatic rings. The Bertz CT molecular complexity index is 656. The summed E-state index contributed by atoms with van der Waals surface area (Å²) in [5.74, 6) is -0.553. The number of rotatable bonds is 3. The highest BCUT2D eigenvalue weighted by Gasteiger charge is 2.31. The van der Waals surface area contributed by atoms with Crippen LogP contribution in [0, 0.1) is 5.92 Å². The van der Waals surface area contributed by atoms with Crippen molar-refractivity contribution in [2.45, 2.75) is 25.3 Å². The minimum Gasteiger partial charge on any atom is -0.488 e. The highest BCUT2D eigenvalue weighted by molar-refractivity contribution is 9.10. The SMILES string of the molecule is O=C(N[C@@H]1CC[C@H](C(=O)O)C1)C1=Cc2cc(Br)ccc2OC1. The smallest absolute Gasteiger partial charge is 0.306 e. The summed E-state index contributed by atoms with van der Waals surface area (Å²) in [5, 5.41) is 11.9. The summed E-state index contributed by atoms with van der Waals surface area (Å²) < 4.78 is 6.52. The van der Waals surface area contributed by atoms with E-state index in [9.17, 15) is 9.59 Å². The van der Waals surface area contributed by atoms with Crippen LogP contribution < -0.4 is 10.1 Å².